The van der Waals surface area contributed by atoms with Crippen LogP contribution in [0, 0.1) is 58.2 Å². The molecule has 4 saturated carbocycles. The number of unbranched alkanes of at least 4 members (excludes halogenated alkanes) is 11. The summed E-state index contributed by atoms with van der Waals surface area (Å²) in [5, 5.41) is 0. The predicted octanol–water partition coefficient (Wildman–Crippen LogP) is 14.1. The maximum absolute atomic E-state index is 14.6. The van der Waals surface area contributed by atoms with Gasteiger partial charge in [0.15, 0.2) is 6.10 Å². The summed E-state index contributed by atoms with van der Waals surface area (Å²) in [4.78, 5) is 38.2. The minimum Gasteiger partial charge on any atom is -0.462 e. The molecule has 64 heavy (non-hydrogen) atoms. The molecule has 4 rings (SSSR count). The minimum atomic E-state index is -4.44. The zero-order valence-corrected chi connectivity index (χ0v) is 43.7. The molecule has 4 aliphatic carbocycles. The standard InChI is InChI=1S/C54H98NO8P/c1-10-11-12-13-14-15-16-17-18-19-20-21-22-23-24-31-51(56)60-40-45(41-62-64(58,59)61-39-38-55(7,8)9)63-52(57)50-30-26-29-44-32-33-46-48-35-34-47(43(4)28-25-27-42(2)3)53(48,5)37-36-49(46)54(44,50)6/h17-18,42-50H,10-16,19-41H2,1-9H3/p+1/b18-17-/t43-,44?,45-,46+,47-,48+,49+,50?,53-,54+/m1/s1. The molecule has 11 atom stereocenters. The monoisotopic (exact) mass is 921 g/mol. The molecular formula is C54H99NO8P+. The Bertz CT molecular complexity index is 1450. The van der Waals surface area contributed by atoms with Gasteiger partial charge in [0.2, 0.25) is 0 Å². The van der Waals surface area contributed by atoms with Gasteiger partial charge in [0, 0.05) is 6.42 Å². The first kappa shape index (κ1) is 55.3. The van der Waals surface area contributed by atoms with Crippen molar-refractivity contribution in [1.82, 2.24) is 0 Å². The van der Waals surface area contributed by atoms with Crippen LogP contribution in [0.2, 0.25) is 0 Å². The smallest absolute Gasteiger partial charge is 0.462 e. The maximum Gasteiger partial charge on any atom is 0.472 e. The molecule has 0 bridgehead atoms. The number of phosphoric ester groups is 1. The van der Waals surface area contributed by atoms with Gasteiger partial charge in [0.05, 0.1) is 33.7 Å². The molecule has 1 N–H and O–H groups in total. The number of rotatable bonds is 31. The highest BCUT2D eigenvalue weighted by atomic mass is 31.2. The van der Waals surface area contributed by atoms with Crippen LogP contribution in [0.1, 0.15) is 208 Å². The van der Waals surface area contributed by atoms with Gasteiger partial charge < -0.3 is 18.9 Å². The van der Waals surface area contributed by atoms with Gasteiger partial charge in [-0.15, -0.1) is 0 Å². The van der Waals surface area contributed by atoms with Crippen molar-refractivity contribution in [1.29, 1.82) is 0 Å². The second-order valence-electron chi connectivity index (χ2n) is 23.2. The number of esters is 2. The van der Waals surface area contributed by atoms with E-state index in [0.29, 0.717) is 40.1 Å². The van der Waals surface area contributed by atoms with Crippen molar-refractivity contribution in [2.45, 2.75) is 215 Å². The highest BCUT2D eigenvalue weighted by Crippen LogP contribution is 2.69. The molecule has 10 heteroatoms. The summed E-state index contributed by atoms with van der Waals surface area (Å²) < 4.78 is 36.4. The molecular weight excluding hydrogens is 822 g/mol. The summed E-state index contributed by atoms with van der Waals surface area (Å²) in [7, 11) is 1.49. The molecule has 0 aromatic heterocycles. The molecule has 3 unspecified atom stereocenters. The number of phosphoric acid groups is 1. The van der Waals surface area contributed by atoms with E-state index in [0.717, 1.165) is 69.1 Å². The highest BCUT2D eigenvalue weighted by molar-refractivity contribution is 7.47. The van der Waals surface area contributed by atoms with Crippen molar-refractivity contribution in [3.8, 4) is 0 Å². The fraction of sp³-hybridized carbons (Fsp3) is 0.926. The fourth-order valence-electron chi connectivity index (χ4n) is 13.3. The maximum atomic E-state index is 14.6. The SMILES string of the molecule is CCCCCCCC/C=C\CCCCCCCC(=O)OC[C@H](COP(=O)(O)OCC[N+](C)(C)C)OC(=O)C1CCCC2CC[C@@H]3[C@H](CC[C@]4(C)[C@@H]([C@H](C)CCCC(C)C)CC[C@@H]34)[C@]21C. The number of nitrogens with zero attached hydrogens (tertiary/aromatic N) is 1. The molecule has 0 spiro atoms. The summed E-state index contributed by atoms with van der Waals surface area (Å²) in [5.74, 6) is 3.69. The van der Waals surface area contributed by atoms with Gasteiger partial charge >= 0.3 is 19.8 Å². The Morgan fingerprint density at radius 3 is 2.11 bits per heavy atom. The number of hydrogen-bond acceptors (Lipinski definition) is 7. The highest BCUT2D eigenvalue weighted by Gasteiger charge is 2.63. The topological polar surface area (TPSA) is 108 Å². The quantitative estimate of drug-likeness (QED) is 0.0241. The lowest BCUT2D eigenvalue weighted by molar-refractivity contribution is -0.870. The number of carbonyl (C=O) groups is 2. The van der Waals surface area contributed by atoms with Crippen molar-refractivity contribution in [3.05, 3.63) is 12.2 Å². The lowest BCUT2D eigenvalue weighted by Crippen LogP contribution is -2.57. The largest absolute Gasteiger partial charge is 0.472 e. The van der Waals surface area contributed by atoms with E-state index in [9.17, 15) is 19.0 Å². The first-order valence-corrected chi connectivity index (χ1v) is 28.3. The molecule has 4 aliphatic rings. The molecule has 0 aliphatic heterocycles. The average molecular weight is 921 g/mol. The van der Waals surface area contributed by atoms with Crippen LogP contribution in [0.15, 0.2) is 12.2 Å². The molecule has 0 heterocycles. The van der Waals surface area contributed by atoms with Crippen molar-refractivity contribution >= 4 is 19.8 Å². The number of fused-ring (bicyclic) bond motifs is 5. The number of allylic oxidation sites excluding steroid dienone is 2. The number of quaternary nitrogens is 1. The van der Waals surface area contributed by atoms with Crippen LogP contribution in [0.4, 0.5) is 0 Å². The first-order valence-electron chi connectivity index (χ1n) is 26.8. The van der Waals surface area contributed by atoms with Crippen molar-refractivity contribution < 1.29 is 42.1 Å². The summed E-state index contributed by atoms with van der Waals surface area (Å²) in [6.45, 7) is 14.4. The molecule has 0 saturated heterocycles. The van der Waals surface area contributed by atoms with Crippen LogP contribution in [0.3, 0.4) is 0 Å². The number of ether oxygens (including phenoxy) is 2. The Kier molecular flexibility index (Phi) is 23.4. The minimum absolute atomic E-state index is 0.0366. The van der Waals surface area contributed by atoms with Gasteiger partial charge in [-0.2, -0.15) is 0 Å². The normalized spacial score (nSPS) is 30.0. The summed E-state index contributed by atoms with van der Waals surface area (Å²) >= 11 is 0. The van der Waals surface area contributed by atoms with Crippen LogP contribution in [-0.2, 0) is 32.7 Å². The van der Waals surface area contributed by atoms with E-state index in [-0.39, 0.29) is 49.5 Å². The van der Waals surface area contributed by atoms with Gasteiger partial charge in [-0.05, 0) is 136 Å². The fourth-order valence-corrected chi connectivity index (χ4v) is 14.1. The van der Waals surface area contributed by atoms with Gasteiger partial charge in [-0.3, -0.25) is 18.6 Å². The van der Waals surface area contributed by atoms with Crippen LogP contribution in [-0.4, -0.2) is 74.9 Å². The Morgan fingerprint density at radius 1 is 0.766 bits per heavy atom. The molecule has 4 fully saturated rings. The Morgan fingerprint density at radius 2 is 1.44 bits per heavy atom. The van der Waals surface area contributed by atoms with Gasteiger partial charge in [0.1, 0.15) is 19.8 Å². The Balaban J connectivity index is 1.32. The zero-order valence-electron chi connectivity index (χ0n) is 42.8. The average Bonchev–Trinajstić information content (AvgIpc) is 3.59. The molecule has 0 amide bonds. The van der Waals surface area contributed by atoms with E-state index in [4.69, 9.17) is 18.5 Å². The second kappa shape index (κ2) is 27.1. The lowest BCUT2D eigenvalue weighted by atomic mass is 9.42. The predicted molar refractivity (Wildman–Crippen MR) is 261 cm³/mol. The summed E-state index contributed by atoms with van der Waals surface area (Å²) in [6, 6.07) is 0. The summed E-state index contributed by atoms with van der Waals surface area (Å²) in [6.07, 6.45) is 33.7. The van der Waals surface area contributed by atoms with E-state index < -0.39 is 13.9 Å². The van der Waals surface area contributed by atoms with E-state index in [2.05, 4.69) is 53.7 Å². The Hall–Kier alpha value is -1.25. The van der Waals surface area contributed by atoms with Crippen molar-refractivity contribution in [2.24, 2.45) is 58.2 Å². The van der Waals surface area contributed by atoms with Crippen LogP contribution >= 0.6 is 7.82 Å². The van der Waals surface area contributed by atoms with Gasteiger partial charge in [-0.25, -0.2) is 4.57 Å². The lowest BCUT2D eigenvalue weighted by Gasteiger charge is -2.62. The van der Waals surface area contributed by atoms with Crippen LogP contribution in [0.5, 0.6) is 0 Å². The van der Waals surface area contributed by atoms with E-state index >= 15 is 0 Å². The van der Waals surface area contributed by atoms with Crippen LogP contribution in [0.25, 0.3) is 0 Å². The van der Waals surface area contributed by atoms with Gasteiger partial charge in [0.25, 0.3) is 0 Å². The van der Waals surface area contributed by atoms with Crippen molar-refractivity contribution in [2.75, 3.05) is 47.5 Å². The second-order valence-corrected chi connectivity index (χ2v) is 24.7. The van der Waals surface area contributed by atoms with E-state index in [1.165, 1.54) is 109 Å². The van der Waals surface area contributed by atoms with E-state index in [1.54, 1.807) is 0 Å². The number of likely N-dealkylation sites (N-methyl/N-ethyl adjacent to an activating group) is 1. The first-order chi connectivity index (χ1) is 30.4. The van der Waals surface area contributed by atoms with Gasteiger partial charge in [-0.1, -0.05) is 131 Å². The molecule has 372 valence electrons. The number of hydrogen-bond donors (Lipinski definition) is 1. The third-order valence-electron chi connectivity index (χ3n) is 17.0. The molecule has 0 aromatic carbocycles. The summed E-state index contributed by atoms with van der Waals surface area (Å²) in [5.41, 5.74) is 0.196. The molecule has 9 nitrogen and oxygen atoms in total. The van der Waals surface area contributed by atoms with E-state index in [1.807, 2.05) is 21.1 Å². The third-order valence-corrected chi connectivity index (χ3v) is 18.0. The third kappa shape index (κ3) is 17.1. The zero-order chi connectivity index (χ0) is 46.8. The molecule has 0 aromatic rings. The van der Waals surface area contributed by atoms with Crippen LogP contribution < -0.4 is 0 Å². The van der Waals surface area contributed by atoms with Crippen molar-refractivity contribution in [3.63, 3.8) is 0 Å². The number of carbonyl (C=O) groups excluding carboxylic acids is 2. The Labute approximate surface area is 392 Å². The molecule has 0 radical (unpaired) electrons.